The molecule has 0 aliphatic rings. The molecule has 0 saturated carbocycles. The zero-order valence-electron chi connectivity index (χ0n) is 6.44. The van der Waals surface area contributed by atoms with Crippen molar-refractivity contribution < 1.29 is 14.6 Å². The van der Waals surface area contributed by atoms with Gasteiger partial charge in [-0.2, -0.15) is 0 Å². The molecule has 1 amide bonds. The van der Waals surface area contributed by atoms with E-state index in [2.05, 4.69) is 9.72 Å². The van der Waals surface area contributed by atoms with Crippen molar-refractivity contribution in [3.8, 4) is 11.5 Å². The minimum atomic E-state index is -0.931. The van der Waals surface area contributed by atoms with Crippen LogP contribution in [0.5, 0.6) is 11.5 Å². The van der Waals surface area contributed by atoms with Crippen molar-refractivity contribution in [3.05, 3.63) is 18.0 Å². The van der Waals surface area contributed by atoms with Crippen LogP contribution in [0, 0.1) is 6.92 Å². The number of carbonyl (C=O) groups excluding carboxylic acids is 1. The largest absolute Gasteiger partial charge is 0.506 e. The van der Waals surface area contributed by atoms with Crippen molar-refractivity contribution in [1.82, 2.24) is 4.98 Å². The van der Waals surface area contributed by atoms with Gasteiger partial charge in [-0.15, -0.1) is 0 Å². The van der Waals surface area contributed by atoms with Gasteiger partial charge >= 0.3 is 6.09 Å². The van der Waals surface area contributed by atoms with Gasteiger partial charge in [0.15, 0.2) is 5.75 Å². The summed E-state index contributed by atoms with van der Waals surface area (Å²) in [5, 5.41) is 9.12. The quantitative estimate of drug-likeness (QED) is 0.641. The van der Waals surface area contributed by atoms with Crippen LogP contribution >= 0.6 is 0 Å². The number of carbonyl (C=O) groups is 1. The van der Waals surface area contributed by atoms with E-state index in [-0.39, 0.29) is 11.5 Å². The number of ether oxygens (including phenoxy) is 1. The summed E-state index contributed by atoms with van der Waals surface area (Å²) in [6.45, 7) is 1.63. The number of amides is 1. The smallest absolute Gasteiger partial charge is 0.410 e. The summed E-state index contributed by atoms with van der Waals surface area (Å²) in [6, 6.07) is 1.27. The maximum atomic E-state index is 10.3. The number of hydrogen-bond donors (Lipinski definition) is 2. The molecule has 5 heteroatoms. The summed E-state index contributed by atoms with van der Waals surface area (Å²) in [7, 11) is 0. The first-order chi connectivity index (χ1) is 5.59. The summed E-state index contributed by atoms with van der Waals surface area (Å²) >= 11 is 0. The van der Waals surface area contributed by atoms with E-state index in [1.807, 2.05) is 0 Å². The van der Waals surface area contributed by atoms with Gasteiger partial charge in [0.1, 0.15) is 5.75 Å². The van der Waals surface area contributed by atoms with Crippen molar-refractivity contribution in [2.45, 2.75) is 6.92 Å². The molecule has 3 N–H and O–H groups in total. The van der Waals surface area contributed by atoms with Crippen molar-refractivity contribution in [2.75, 3.05) is 0 Å². The van der Waals surface area contributed by atoms with Crippen LogP contribution in [0.2, 0.25) is 0 Å². The Balaban J connectivity index is 2.89. The first-order valence-corrected chi connectivity index (χ1v) is 3.22. The highest BCUT2D eigenvalue weighted by molar-refractivity contribution is 5.68. The molecular weight excluding hydrogens is 160 g/mol. The Morgan fingerprint density at radius 2 is 2.42 bits per heavy atom. The number of hydrogen-bond acceptors (Lipinski definition) is 4. The lowest BCUT2D eigenvalue weighted by Gasteiger charge is -2.01. The van der Waals surface area contributed by atoms with Crippen molar-refractivity contribution in [1.29, 1.82) is 0 Å². The number of rotatable bonds is 1. The molecular formula is C7H8N2O3. The summed E-state index contributed by atoms with van der Waals surface area (Å²) in [5.74, 6) is 0.0966. The second kappa shape index (κ2) is 3.08. The van der Waals surface area contributed by atoms with Crippen LogP contribution in [0.1, 0.15) is 5.69 Å². The molecule has 12 heavy (non-hydrogen) atoms. The van der Waals surface area contributed by atoms with E-state index in [9.17, 15) is 4.79 Å². The fourth-order valence-electron chi connectivity index (χ4n) is 0.675. The highest BCUT2D eigenvalue weighted by atomic mass is 16.5. The topological polar surface area (TPSA) is 85.4 Å². The maximum absolute atomic E-state index is 10.3. The Morgan fingerprint density at radius 1 is 1.75 bits per heavy atom. The van der Waals surface area contributed by atoms with Gasteiger partial charge in [0.2, 0.25) is 0 Å². The molecule has 0 unspecified atom stereocenters. The first kappa shape index (κ1) is 8.32. The first-order valence-electron chi connectivity index (χ1n) is 3.22. The van der Waals surface area contributed by atoms with E-state index in [1.54, 1.807) is 6.92 Å². The molecule has 0 saturated heterocycles. The molecule has 1 rings (SSSR count). The number of aromatic nitrogens is 1. The molecule has 0 radical (unpaired) electrons. The van der Waals surface area contributed by atoms with Gasteiger partial charge in [-0.25, -0.2) is 4.79 Å². The average Bonchev–Trinajstić information content (AvgIpc) is 1.96. The number of primary amides is 1. The average molecular weight is 168 g/mol. The van der Waals surface area contributed by atoms with Crippen LogP contribution in [0.3, 0.4) is 0 Å². The molecule has 0 atom stereocenters. The van der Waals surface area contributed by atoms with Crippen molar-refractivity contribution in [3.63, 3.8) is 0 Å². The zero-order valence-corrected chi connectivity index (χ0v) is 6.44. The molecule has 0 bridgehead atoms. The third kappa shape index (κ3) is 1.85. The van der Waals surface area contributed by atoms with Gasteiger partial charge in [0.25, 0.3) is 0 Å². The Bertz CT molecular complexity index is 312. The van der Waals surface area contributed by atoms with Gasteiger partial charge in [-0.05, 0) is 6.92 Å². The van der Waals surface area contributed by atoms with Crippen LogP contribution in [0.25, 0.3) is 0 Å². The summed E-state index contributed by atoms with van der Waals surface area (Å²) in [6.07, 6.45) is 0.375. The fourth-order valence-corrected chi connectivity index (χ4v) is 0.675. The highest BCUT2D eigenvalue weighted by Gasteiger charge is 2.02. The summed E-state index contributed by atoms with van der Waals surface area (Å²) in [5.41, 5.74) is 5.21. The Labute approximate surface area is 68.8 Å². The second-order valence-corrected chi connectivity index (χ2v) is 2.20. The van der Waals surface area contributed by atoms with E-state index in [1.165, 1.54) is 12.3 Å². The molecule has 5 nitrogen and oxygen atoms in total. The van der Waals surface area contributed by atoms with Gasteiger partial charge in [-0.1, -0.05) is 0 Å². The molecule has 1 heterocycles. The number of pyridine rings is 1. The highest BCUT2D eigenvalue weighted by Crippen LogP contribution is 2.19. The van der Waals surface area contributed by atoms with Gasteiger partial charge in [0.05, 0.1) is 11.9 Å². The van der Waals surface area contributed by atoms with Gasteiger partial charge < -0.3 is 15.6 Å². The summed E-state index contributed by atoms with van der Waals surface area (Å²) in [4.78, 5) is 14.0. The molecule has 0 aliphatic heterocycles. The molecule has 0 aliphatic carbocycles. The minimum Gasteiger partial charge on any atom is -0.506 e. The molecule has 0 fully saturated rings. The van der Waals surface area contributed by atoms with Crippen molar-refractivity contribution >= 4 is 6.09 Å². The predicted octanol–water partition coefficient (Wildman–Crippen LogP) is 0.553. The third-order valence-electron chi connectivity index (χ3n) is 1.25. The maximum Gasteiger partial charge on any atom is 0.410 e. The molecule has 1 aromatic heterocycles. The van der Waals surface area contributed by atoms with Crippen LogP contribution in [-0.4, -0.2) is 16.2 Å². The standard InChI is InChI=1S/C7H8N2O3/c1-4-6(10)2-5(3-9-4)12-7(8)11/h2-3,10H,1H3,(H2,8,11). The van der Waals surface area contributed by atoms with Crippen LogP contribution in [0.15, 0.2) is 12.3 Å². The zero-order chi connectivity index (χ0) is 9.14. The second-order valence-electron chi connectivity index (χ2n) is 2.20. The van der Waals surface area contributed by atoms with E-state index < -0.39 is 6.09 Å². The molecule has 1 aromatic rings. The van der Waals surface area contributed by atoms with E-state index >= 15 is 0 Å². The van der Waals surface area contributed by atoms with E-state index in [0.29, 0.717) is 5.69 Å². The number of aromatic hydroxyl groups is 1. The third-order valence-corrected chi connectivity index (χ3v) is 1.25. The normalized spacial score (nSPS) is 9.42. The lowest BCUT2D eigenvalue weighted by Crippen LogP contribution is -2.16. The Kier molecular flexibility index (Phi) is 2.14. The lowest BCUT2D eigenvalue weighted by molar-refractivity contribution is 0.210. The van der Waals surface area contributed by atoms with E-state index in [0.717, 1.165) is 0 Å². The monoisotopic (exact) mass is 168 g/mol. The Morgan fingerprint density at radius 3 is 2.92 bits per heavy atom. The number of nitrogens with zero attached hydrogens (tertiary/aromatic N) is 1. The van der Waals surface area contributed by atoms with Gasteiger partial charge in [-0.3, -0.25) is 4.98 Å². The lowest BCUT2D eigenvalue weighted by atomic mass is 10.3. The van der Waals surface area contributed by atoms with Crippen LogP contribution in [-0.2, 0) is 0 Å². The van der Waals surface area contributed by atoms with Gasteiger partial charge in [0, 0.05) is 6.07 Å². The van der Waals surface area contributed by atoms with E-state index in [4.69, 9.17) is 10.8 Å². The Hall–Kier alpha value is -1.78. The summed E-state index contributed by atoms with van der Waals surface area (Å²) < 4.78 is 4.47. The number of nitrogens with two attached hydrogens (primary N) is 1. The predicted molar refractivity (Wildman–Crippen MR) is 40.9 cm³/mol. The van der Waals surface area contributed by atoms with Crippen molar-refractivity contribution in [2.24, 2.45) is 5.73 Å². The molecule has 0 spiro atoms. The molecule has 64 valence electrons. The minimum absolute atomic E-state index is 0.0336. The SMILES string of the molecule is Cc1ncc(OC(N)=O)cc1O. The molecule has 0 aromatic carbocycles. The number of aryl methyl sites for hydroxylation is 1. The van der Waals surface area contributed by atoms with Crippen LogP contribution in [0.4, 0.5) is 4.79 Å². The fraction of sp³-hybridized carbons (Fsp3) is 0.143. The van der Waals surface area contributed by atoms with Crippen LogP contribution < -0.4 is 10.5 Å².